The van der Waals surface area contributed by atoms with Crippen LogP contribution in [-0.2, 0) is 0 Å². The lowest BCUT2D eigenvalue weighted by molar-refractivity contribution is 0.0963. The summed E-state index contributed by atoms with van der Waals surface area (Å²) in [5.74, 6) is 0.300. The highest BCUT2D eigenvalue weighted by atomic mass is 35.5. The standard InChI is InChI=1S/C16H16O.C9H10O.C7H7Cl/c1-12-7-6-10-15(11-12)13(2)16(17)14-8-4-3-5-9-14;1-2-9(10)8-6-4-3-5-7-8;1-6-3-2-4-7(8)5-6/h3-11,13H,1-2H3;3-7H,2H2,1H3;2-5H,1H3. The minimum Gasteiger partial charge on any atom is -0.294 e. The molecule has 4 aromatic carbocycles. The maximum atomic E-state index is 12.3. The molecule has 0 amide bonds. The molecule has 1 atom stereocenters. The van der Waals surface area contributed by atoms with Gasteiger partial charge in [-0.3, -0.25) is 9.59 Å². The van der Waals surface area contributed by atoms with E-state index in [1.54, 1.807) is 0 Å². The van der Waals surface area contributed by atoms with Gasteiger partial charge in [0.25, 0.3) is 0 Å². The lowest BCUT2D eigenvalue weighted by atomic mass is 9.91. The predicted molar refractivity (Wildman–Crippen MR) is 148 cm³/mol. The van der Waals surface area contributed by atoms with E-state index in [2.05, 4.69) is 6.07 Å². The molecular weight excluding hydrogens is 452 g/mol. The van der Waals surface area contributed by atoms with E-state index in [4.69, 9.17) is 11.6 Å². The fourth-order valence-electron chi connectivity index (χ4n) is 3.38. The summed E-state index contributed by atoms with van der Waals surface area (Å²) < 4.78 is 0. The van der Waals surface area contributed by atoms with Gasteiger partial charge in [0.05, 0.1) is 0 Å². The van der Waals surface area contributed by atoms with Crippen LogP contribution in [-0.4, -0.2) is 11.6 Å². The van der Waals surface area contributed by atoms with Crippen LogP contribution in [0.15, 0.2) is 109 Å². The van der Waals surface area contributed by atoms with E-state index in [-0.39, 0.29) is 17.5 Å². The van der Waals surface area contributed by atoms with E-state index in [1.165, 1.54) is 11.1 Å². The van der Waals surface area contributed by atoms with Crippen LogP contribution < -0.4 is 0 Å². The van der Waals surface area contributed by atoms with E-state index in [1.807, 2.05) is 131 Å². The van der Waals surface area contributed by atoms with Crippen LogP contribution in [0.25, 0.3) is 0 Å². The Hall–Kier alpha value is -3.49. The van der Waals surface area contributed by atoms with E-state index in [0.29, 0.717) is 6.42 Å². The quantitative estimate of drug-likeness (QED) is 0.265. The molecular formula is C32H33ClO2. The molecule has 4 rings (SSSR count). The monoisotopic (exact) mass is 484 g/mol. The third-order valence-corrected chi connectivity index (χ3v) is 5.63. The molecule has 0 aliphatic heterocycles. The highest BCUT2D eigenvalue weighted by Gasteiger charge is 2.16. The Kier molecular flexibility index (Phi) is 11.7. The third kappa shape index (κ3) is 9.72. The minimum atomic E-state index is -0.0858. The van der Waals surface area contributed by atoms with Gasteiger partial charge in [-0.05, 0) is 37.1 Å². The number of aryl methyl sites for hydroxylation is 2. The Morgan fingerprint density at radius 2 is 1.20 bits per heavy atom. The molecule has 0 aliphatic rings. The topological polar surface area (TPSA) is 34.1 Å². The lowest BCUT2D eigenvalue weighted by Crippen LogP contribution is -2.09. The smallest absolute Gasteiger partial charge is 0.170 e. The SMILES string of the molecule is CCC(=O)c1ccccc1.Cc1cccc(C(C)C(=O)c2ccccc2)c1.Cc1cccc(Cl)c1. The van der Waals surface area contributed by atoms with Crippen molar-refractivity contribution in [3.63, 3.8) is 0 Å². The lowest BCUT2D eigenvalue weighted by Gasteiger charge is -2.11. The van der Waals surface area contributed by atoms with Crippen molar-refractivity contribution in [3.8, 4) is 0 Å². The molecule has 180 valence electrons. The molecule has 0 N–H and O–H groups in total. The van der Waals surface area contributed by atoms with Crippen molar-refractivity contribution >= 4 is 23.2 Å². The summed E-state index contributed by atoms with van der Waals surface area (Å²) in [5, 5.41) is 0.810. The first-order valence-corrected chi connectivity index (χ1v) is 12.2. The molecule has 0 aromatic heterocycles. The second-order valence-corrected chi connectivity index (χ2v) is 8.74. The molecule has 1 unspecified atom stereocenters. The number of Topliss-reactive ketones (excluding diaryl/α,β-unsaturated/α-hetero) is 2. The van der Waals surface area contributed by atoms with Crippen molar-refractivity contribution in [1.29, 1.82) is 0 Å². The van der Waals surface area contributed by atoms with Gasteiger partial charge in [0.2, 0.25) is 0 Å². The van der Waals surface area contributed by atoms with Crippen LogP contribution in [0.3, 0.4) is 0 Å². The summed E-state index contributed by atoms with van der Waals surface area (Å²) in [4.78, 5) is 23.3. The fourth-order valence-corrected chi connectivity index (χ4v) is 3.62. The Morgan fingerprint density at radius 3 is 1.66 bits per heavy atom. The van der Waals surface area contributed by atoms with Gasteiger partial charge in [-0.2, -0.15) is 0 Å². The van der Waals surface area contributed by atoms with Crippen LogP contribution in [0.2, 0.25) is 5.02 Å². The summed E-state index contributed by atoms with van der Waals surface area (Å²) in [6.07, 6.45) is 0.587. The van der Waals surface area contributed by atoms with Crippen molar-refractivity contribution in [2.75, 3.05) is 0 Å². The Bertz CT molecular complexity index is 1180. The number of carbonyl (C=O) groups excluding carboxylic acids is 2. The average Bonchev–Trinajstić information content (AvgIpc) is 2.89. The van der Waals surface area contributed by atoms with Gasteiger partial charge in [0, 0.05) is 28.5 Å². The first-order chi connectivity index (χ1) is 16.8. The van der Waals surface area contributed by atoms with Crippen molar-refractivity contribution in [2.24, 2.45) is 0 Å². The molecule has 4 aromatic rings. The number of benzene rings is 4. The number of hydrogen-bond donors (Lipinski definition) is 0. The Balaban J connectivity index is 0.000000204. The molecule has 0 radical (unpaired) electrons. The van der Waals surface area contributed by atoms with E-state index in [9.17, 15) is 9.59 Å². The molecule has 2 nitrogen and oxygen atoms in total. The van der Waals surface area contributed by atoms with Crippen LogP contribution in [0, 0.1) is 13.8 Å². The first kappa shape index (κ1) is 27.8. The largest absolute Gasteiger partial charge is 0.294 e. The van der Waals surface area contributed by atoms with Gasteiger partial charge in [-0.25, -0.2) is 0 Å². The average molecular weight is 485 g/mol. The van der Waals surface area contributed by atoms with E-state index in [0.717, 1.165) is 21.7 Å². The van der Waals surface area contributed by atoms with Crippen LogP contribution in [0.5, 0.6) is 0 Å². The maximum absolute atomic E-state index is 12.3. The van der Waals surface area contributed by atoms with E-state index < -0.39 is 0 Å². The summed E-state index contributed by atoms with van der Waals surface area (Å²) in [6, 6.07) is 34.7. The number of halogens is 1. The van der Waals surface area contributed by atoms with Crippen molar-refractivity contribution < 1.29 is 9.59 Å². The van der Waals surface area contributed by atoms with Gasteiger partial charge in [0.15, 0.2) is 11.6 Å². The molecule has 0 spiro atoms. The van der Waals surface area contributed by atoms with Gasteiger partial charge in [-0.15, -0.1) is 0 Å². The predicted octanol–water partition coefficient (Wildman–Crippen LogP) is 8.91. The maximum Gasteiger partial charge on any atom is 0.170 e. The summed E-state index contributed by atoms with van der Waals surface area (Å²) in [6.45, 7) is 7.90. The van der Waals surface area contributed by atoms with Gasteiger partial charge in [0.1, 0.15) is 0 Å². The molecule has 0 saturated carbocycles. The highest BCUT2D eigenvalue weighted by molar-refractivity contribution is 6.30. The number of rotatable bonds is 5. The molecule has 0 heterocycles. The second kappa shape index (κ2) is 14.7. The van der Waals surface area contributed by atoms with Gasteiger partial charge >= 0.3 is 0 Å². The second-order valence-electron chi connectivity index (χ2n) is 8.31. The normalized spacial score (nSPS) is 10.7. The number of carbonyl (C=O) groups is 2. The van der Waals surface area contributed by atoms with Crippen molar-refractivity contribution in [2.45, 2.75) is 40.0 Å². The molecule has 35 heavy (non-hydrogen) atoms. The summed E-state index contributed by atoms with van der Waals surface area (Å²) in [7, 11) is 0. The van der Waals surface area contributed by atoms with Crippen molar-refractivity contribution in [3.05, 3.63) is 142 Å². The summed E-state index contributed by atoms with van der Waals surface area (Å²) >= 11 is 5.64. The third-order valence-electron chi connectivity index (χ3n) is 5.39. The Morgan fingerprint density at radius 1 is 0.686 bits per heavy atom. The summed E-state index contributed by atoms with van der Waals surface area (Å²) in [5.41, 5.74) is 5.07. The number of ketones is 2. The van der Waals surface area contributed by atoms with Gasteiger partial charge in [-0.1, -0.05) is 128 Å². The van der Waals surface area contributed by atoms with E-state index >= 15 is 0 Å². The zero-order valence-corrected chi connectivity index (χ0v) is 21.6. The molecule has 0 bridgehead atoms. The van der Waals surface area contributed by atoms with Crippen molar-refractivity contribution in [1.82, 2.24) is 0 Å². The fraction of sp³-hybridized carbons (Fsp3) is 0.188. The molecule has 3 heteroatoms. The zero-order chi connectivity index (χ0) is 25.6. The zero-order valence-electron chi connectivity index (χ0n) is 20.9. The molecule has 0 aliphatic carbocycles. The van der Waals surface area contributed by atoms with Crippen LogP contribution in [0.4, 0.5) is 0 Å². The van der Waals surface area contributed by atoms with Crippen LogP contribution >= 0.6 is 11.6 Å². The van der Waals surface area contributed by atoms with Gasteiger partial charge < -0.3 is 0 Å². The minimum absolute atomic E-state index is 0.0858. The first-order valence-electron chi connectivity index (χ1n) is 11.8. The van der Waals surface area contributed by atoms with Crippen LogP contribution in [0.1, 0.15) is 63.6 Å². The number of hydrogen-bond acceptors (Lipinski definition) is 2. The Labute approximate surface area is 214 Å². The molecule has 0 saturated heterocycles. The molecule has 0 fully saturated rings. The highest BCUT2D eigenvalue weighted by Crippen LogP contribution is 2.21.